The molecular formula is C16H18O2S. The van der Waals surface area contributed by atoms with Gasteiger partial charge in [-0.3, -0.25) is 9.59 Å². The number of ketones is 2. The number of carbonyl (C=O) groups is 2. The molecule has 0 radical (unpaired) electrons. The second kappa shape index (κ2) is 5.25. The average Bonchev–Trinajstić information content (AvgIpc) is 2.72. The van der Waals surface area contributed by atoms with E-state index in [0.717, 1.165) is 15.0 Å². The number of aryl methyl sites for hydroxylation is 2. The predicted molar refractivity (Wildman–Crippen MR) is 80.1 cm³/mol. The van der Waals surface area contributed by atoms with Gasteiger partial charge in [0.05, 0.1) is 4.88 Å². The van der Waals surface area contributed by atoms with Crippen LogP contribution in [0.4, 0.5) is 0 Å². The first-order valence-electron chi connectivity index (χ1n) is 6.43. The van der Waals surface area contributed by atoms with Crippen molar-refractivity contribution in [2.24, 2.45) is 5.92 Å². The van der Waals surface area contributed by atoms with Crippen molar-refractivity contribution < 1.29 is 9.59 Å². The van der Waals surface area contributed by atoms with Gasteiger partial charge in [0.1, 0.15) is 5.78 Å². The highest BCUT2D eigenvalue weighted by Crippen LogP contribution is 2.29. The van der Waals surface area contributed by atoms with Gasteiger partial charge in [-0.05, 0) is 49.4 Å². The maximum atomic E-state index is 12.2. The molecule has 2 rings (SSSR count). The molecule has 3 heteroatoms. The molecule has 1 aromatic carbocycles. The maximum absolute atomic E-state index is 12.2. The molecule has 1 heterocycles. The molecule has 0 fully saturated rings. The van der Waals surface area contributed by atoms with Crippen molar-refractivity contribution in [3.63, 3.8) is 0 Å². The van der Waals surface area contributed by atoms with Crippen LogP contribution >= 0.6 is 11.3 Å². The molecule has 0 saturated heterocycles. The average molecular weight is 274 g/mol. The minimum absolute atomic E-state index is 0.0687. The van der Waals surface area contributed by atoms with Gasteiger partial charge in [0.2, 0.25) is 0 Å². The molecule has 0 aliphatic rings. The van der Waals surface area contributed by atoms with Crippen molar-refractivity contribution >= 4 is 33.0 Å². The number of rotatable bonds is 4. The van der Waals surface area contributed by atoms with Crippen LogP contribution in [0.15, 0.2) is 18.2 Å². The fourth-order valence-corrected chi connectivity index (χ4v) is 3.05. The third-order valence-corrected chi connectivity index (χ3v) is 4.73. The van der Waals surface area contributed by atoms with Gasteiger partial charge < -0.3 is 0 Å². The maximum Gasteiger partial charge on any atom is 0.173 e. The molecule has 0 bridgehead atoms. The van der Waals surface area contributed by atoms with E-state index in [9.17, 15) is 9.59 Å². The van der Waals surface area contributed by atoms with Crippen LogP contribution in [0.1, 0.15) is 41.1 Å². The summed E-state index contributed by atoms with van der Waals surface area (Å²) in [6.07, 6.45) is 0.306. The largest absolute Gasteiger partial charge is 0.300 e. The van der Waals surface area contributed by atoms with Crippen LogP contribution in [0.3, 0.4) is 0 Å². The van der Waals surface area contributed by atoms with Gasteiger partial charge in [0, 0.05) is 17.0 Å². The lowest BCUT2D eigenvalue weighted by molar-refractivity contribution is -0.120. The second-order valence-corrected chi connectivity index (χ2v) is 6.31. The van der Waals surface area contributed by atoms with Gasteiger partial charge in [-0.15, -0.1) is 11.3 Å². The van der Waals surface area contributed by atoms with Gasteiger partial charge in [-0.2, -0.15) is 0 Å². The summed E-state index contributed by atoms with van der Waals surface area (Å²) in [5.41, 5.74) is 2.48. The Labute approximate surface area is 117 Å². The van der Waals surface area contributed by atoms with Crippen molar-refractivity contribution in [1.29, 1.82) is 0 Å². The number of Topliss-reactive ketones (excluding diaryl/α,β-unsaturated/α-hetero) is 2. The van der Waals surface area contributed by atoms with Crippen molar-refractivity contribution in [1.82, 2.24) is 0 Å². The summed E-state index contributed by atoms with van der Waals surface area (Å²) in [7, 11) is 0. The van der Waals surface area contributed by atoms with Crippen LogP contribution in [0, 0.1) is 19.8 Å². The highest BCUT2D eigenvalue weighted by atomic mass is 32.1. The first-order valence-corrected chi connectivity index (χ1v) is 7.24. The van der Waals surface area contributed by atoms with Crippen molar-refractivity contribution in [2.45, 2.75) is 34.1 Å². The first kappa shape index (κ1) is 13.9. The monoisotopic (exact) mass is 274 g/mol. The molecule has 0 unspecified atom stereocenters. The number of carbonyl (C=O) groups excluding carboxylic acids is 2. The molecule has 0 spiro atoms. The van der Waals surface area contributed by atoms with E-state index in [1.807, 2.05) is 13.0 Å². The second-order valence-electron chi connectivity index (χ2n) is 5.22. The Morgan fingerprint density at radius 3 is 2.42 bits per heavy atom. The Morgan fingerprint density at radius 1 is 1.16 bits per heavy atom. The van der Waals surface area contributed by atoms with Crippen molar-refractivity contribution in [3.8, 4) is 0 Å². The Morgan fingerprint density at radius 2 is 1.79 bits per heavy atom. The van der Waals surface area contributed by atoms with Crippen LogP contribution in [0.2, 0.25) is 0 Å². The van der Waals surface area contributed by atoms with E-state index in [-0.39, 0.29) is 17.5 Å². The molecule has 0 aliphatic heterocycles. The molecule has 2 aromatic rings. The standard InChI is InChI=1S/C16H18O2S/c1-9-5-13-8-16(19-15(13)7-10(9)2)14(18)6-11(3)12(4)17/h5,7-8,11H,6H2,1-4H3/t11-/m0/s1. The fourth-order valence-electron chi connectivity index (χ4n) is 1.96. The van der Waals surface area contributed by atoms with Gasteiger partial charge in [0.25, 0.3) is 0 Å². The quantitative estimate of drug-likeness (QED) is 0.778. The molecule has 19 heavy (non-hydrogen) atoms. The molecule has 0 saturated carbocycles. The predicted octanol–water partition coefficient (Wildman–Crippen LogP) is 4.32. The number of benzene rings is 1. The molecule has 2 nitrogen and oxygen atoms in total. The highest BCUT2D eigenvalue weighted by Gasteiger charge is 2.17. The number of fused-ring (bicyclic) bond motifs is 1. The molecular weight excluding hydrogens is 256 g/mol. The normalized spacial score (nSPS) is 12.6. The minimum atomic E-state index is -0.193. The SMILES string of the molecule is CC(=O)[C@@H](C)CC(=O)c1cc2cc(C)c(C)cc2s1. The van der Waals surface area contributed by atoms with Crippen LogP contribution in [-0.2, 0) is 4.79 Å². The molecule has 1 atom stereocenters. The summed E-state index contributed by atoms with van der Waals surface area (Å²) in [5.74, 6) is -0.0541. The van der Waals surface area contributed by atoms with E-state index in [1.54, 1.807) is 0 Å². The lowest BCUT2D eigenvalue weighted by atomic mass is 10.00. The van der Waals surface area contributed by atoms with Gasteiger partial charge in [-0.1, -0.05) is 13.0 Å². The third-order valence-electron chi connectivity index (χ3n) is 3.59. The van der Waals surface area contributed by atoms with Crippen LogP contribution in [0.25, 0.3) is 10.1 Å². The highest BCUT2D eigenvalue weighted by molar-refractivity contribution is 7.20. The topological polar surface area (TPSA) is 34.1 Å². The Balaban J connectivity index is 2.31. The zero-order chi connectivity index (χ0) is 14.2. The van der Waals surface area contributed by atoms with E-state index in [4.69, 9.17) is 0 Å². The van der Waals surface area contributed by atoms with E-state index >= 15 is 0 Å². The third kappa shape index (κ3) is 2.92. The van der Waals surface area contributed by atoms with E-state index in [1.165, 1.54) is 29.4 Å². The summed E-state index contributed by atoms with van der Waals surface area (Å²) in [4.78, 5) is 24.1. The Hall–Kier alpha value is -1.48. The molecule has 0 amide bonds. The van der Waals surface area contributed by atoms with Gasteiger partial charge >= 0.3 is 0 Å². The Kier molecular flexibility index (Phi) is 3.85. The zero-order valence-electron chi connectivity index (χ0n) is 11.7. The van der Waals surface area contributed by atoms with E-state index in [2.05, 4.69) is 26.0 Å². The lowest BCUT2D eigenvalue weighted by Crippen LogP contribution is -2.11. The van der Waals surface area contributed by atoms with Gasteiger partial charge in [-0.25, -0.2) is 0 Å². The number of hydrogen-bond donors (Lipinski definition) is 0. The fraction of sp³-hybridized carbons (Fsp3) is 0.375. The molecule has 0 N–H and O–H groups in total. The van der Waals surface area contributed by atoms with E-state index in [0.29, 0.717) is 6.42 Å². The lowest BCUT2D eigenvalue weighted by Gasteiger charge is -2.04. The van der Waals surface area contributed by atoms with E-state index < -0.39 is 0 Å². The Bertz CT molecular complexity index is 613. The van der Waals surface area contributed by atoms with Crippen LogP contribution in [0.5, 0.6) is 0 Å². The number of hydrogen-bond acceptors (Lipinski definition) is 3. The zero-order valence-corrected chi connectivity index (χ0v) is 12.6. The minimum Gasteiger partial charge on any atom is -0.300 e. The summed E-state index contributed by atoms with van der Waals surface area (Å²) < 4.78 is 1.14. The van der Waals surface area contributed by atoms with Crippen molar-refractivity contribution in [2.75, 3.05) is 0 Å². The summed E-state index contributed by atoms with van der Waals surface area (Å²) in [6.45, 7) is 7.50. The summed E-state index contributed by atoms with van der Waals surface area (Å²) in [5, 5.41) is 1.12. The number of thiophene rings is 1. The summed E-state index contributed by atoms with van der Waals surface area (Å²) >= 11 is 1.52. The first-order chi connectivity index (χ1) is 8.88. The van der Waals surface area contributed by atoms with Gasteiger partial charge in [0.15, 0.2) is 5.78 Å². The smallest absolute Gasteiger partial charge is 0.173 e. The van der Waals surface area contributed by atoms with Crippen LogP contribution < -0.4 is 0 Å². The van der Waals surface area contributed by atoms with Crippen molar-refractivity contribution in [3.05, 3.63) is 34.2 Å². The van der Waals surface area contributed by atoms with Crippen LogP contribution in [-0.4, -0.2) is 11.6 Å². The molecule has 1 aromatic heterocycles. The summed E-state index contributed by atoms with van der Waals surface area (Å²) in [6, 6.07) is 6.19. The molecule has 100 valence electrons. The molecule has 0 aliphatic carbocycles.